The molecule has 7 heteroatoms. The zero-order valence-electron chi connectivity index (χ0n) is 13.0. The third-order valence-corrected chi connectivity index (χ3v) is 3.29. The molecule has 0 bridgehead atoms. The van der Waals surface area contributed by atoms with Crippen molar-refractivity contribution < 1.29 is 9.18 Å². The normalized spacial score (nSPS) is 11.0. The number of carbonyl (C=O) groups is 1. The molecule has 1 aromatic heterocycles. The number of aryl methyl sites for hydroxylation is 1. The first-order chi connectivity index (χ1) is 10.5. The Morgan fingerprint density at radius 2 is 2.18 bits per heavy atom. The second kappa shape index (κ2) is 7.11. The molecule has 22 heavy (non-hydrogen) atoms. The van der Waals surface area contributed by atoms with Crippen LogP contribution in [0.3, 0.4) is 0 Å². The Hall–Kier alpha value is -2.31. The molecule has 0 aliphatic heterocycles. The third-order valence-electron chi connectivity index (χ3n) is 3.29. The zero-order chi connectivity index (χ0) is 16.1. The van der Waals surface area contributed by atoms with E-state index in [2.05, 4.69) is 20.6 Å². The van der Waals surface area contributed by atoms with Gasteiger partial charge in [-0.15, -0.1) is 10.2 Å². The number of aromatic amines is 1. The van der Waals surface area contributed by atoms with E-state index in [0.29, 0.717) is 42.4 Å². The highest BCUT2D eigenvalue weighted by atomic mass is 19.1. The second-order valence-electron chi connectivity index (χ2n) is 5.68. The van der Waals surface area contributed by atoms with Gasteiger partial charge in [0.1, 0.15) is 5.82 Å². The molecule has 0 radical (unpaired) electrons. The van der Waals surface area contributed by atoms with Gasteiger partial charge in [-0.25, -0.2) is 4.39 Å². The van der Waals surface area contributed by atoms with E-state index in [1.165, 1.54) is 18.2 Å². The van der Waals surface area contributed by atoms with Gasteiger partial charge in [-0.2, -0.15) is 5.21 Å². The van der Waals surface area contributed by atoms with Crippen LogP contribution in [0.1, 0.15) is 35.6 Å². The van der Waals surface area contributed by atoms with Crippen molar-refractivity contribution in [2.75, 3.05) is 13.1 Å². The fourth-order valence-corrected chi connectivity index (χ4v) is 2.28. The summed E-state index contributed by atoms with van der Waals surface area (Å²) >= 11 is 0. The van der Waals surface area contributed by atoms with Gasteiger partial charge in [0.2, 0.25) is 0 Å². The number of hydrogen-bond donors (Lipinski definition) is 1. The molecule has 0 fully saturated rings. The van der Waals surface area contributed by atoms with Gasteiger partial charge in [0, 0.05) is 25.1 Å². The van der Waals surface area contributed by atoms with Crippen molar-refractivity contribution in [2.45, 2.75) is 27.2 Å². The molecule has 2 aromatic rings. The lowest BCUT2D eigenvalue weighted by molar-refractivity contribution is 0.0736. The van der Waals surface area contributed by atoms with Crippen LogP contribution in [0.25, 0.3) is 0 Å². The van der Waals surface area contributed by atoms with Gasteiger partial charge >= 0.3 is 0 Å². The first kappa shape index (κ1) is 16.1. The highest BCUT2D eigenvalue weighted by Crippen LogP contribution is 2.14. The molecule has 0 atom stereocenters. The minimum atomic E-state index is -0.337. The van der Waals surface area contributed by atoms with Crippen molar-refractivity contribution in [3.63, 3.8) is 0 Å². The monoisotopic (exact) mass is 305 g/mol. The standard InChI is InChI=1S/C15H20FN5O/c1-10(2)9-21(7-6-14-17-19-20-18-14)15(22)13-5-4-12(16)8-11(13)3/h4-5,8,10H,6-7,9H2,1-3H3,(H,17,18,19,20). The number of rotatable bonds is 6. The molecule has 0 saturated heterocycles. The number of benzene rings is 1. The minimum absolute atomic E-state index is 0.102. The Labute approximate surface area is 128 Å². The van der Waals surface area contributed by atoms with Crippen molar-refractivity contribution in [3.8, 4) is 0 Å². The molecule has 1 aromatic carbocycles. The molecular formula is C15H20FN5O. The maximum absolute atomic E-state index is 13.2. The summed E-state index contributed by atoms with van der Waals surface area (Å²) in [4.78, 5) is 14.5. The van der Waals surface area contributed by atoms with E-state index < -0.39 is 0 Å². The Balaban J connectivity index is 2.14. The number of amides is 1. The van der Waals surface area contributed by atoms with Crippen LogP contribution in [0, 0.1) is 18.7 Å². The van der Waals surface area contributed by atoms with Gasteiger partial charge < -0.3 is 4.90 Å². The van der Waals surface area contributed by atoms with Crippen molar-refractivity contribution in [3.05, 3.63) is 41.0 Å². The number of tetrazole rings is 1. The Morgan fingerprint density at radius 1 is 1.41 bits per heavy atom. The summed E-state index contributed by atoms with van der Waals surface area (Å²) < 4.78 is 13.2. The number of carbonyl (C=O) groups excluding carboxylic acids is 1. The van der Waals surface area contributed by atoms with Gasteiger partial charge in [0.25, 0.3) is 5.91 Å². The van der Waals surface area contributed by atoms with E-state index >= 15 is 0 Å². The molecule has 1 heterocycles. The predicted octanol–water partition coefficient (Wildman–Crippen LogP) is 1.99. The molecule has 118 valence electrons. The lowest BCUT2D eigenvalue weighted by atomic mass is 10.1. The number of nitrogens with zero attached hydrogens (tertiary/aromatic N) is 4. The molecule has 2 rings (SSSR count). The van der Waals surface area contributed by atoms with E-state index in [0.717, 1.165) is 0 Å². The molecule has 0 unspecified atom stereocenters. The Kier molecular flexibility index (Phi) is 5.19. The third kappa shape index (κ3) is 4.09. The van der Waals surface area contributed by atoms with Gasteiger partial charge in [0.15, 0.2) is 5.82 Å². The lowest BCUT2D eigenvalue weighted by Crippen LogP contribution is -2.36. The molecule has 0 saturated carbocycles. The van der Waals surface area contributed by atoms with Gasteiger partial charge in [-0.3, -0.25) is 4.79 Å². The molecule has 1 amide bonds. The van der Waals surface area contributed by atoms with Crippen LogP contribution in [-0.4, -0.2) is 44.5 Å². The minimum Gasteiger partial charge on any atom is -0.338 e. The SMILES string of the molecule is Cc1cc(F)ccc1C(=O)N(CCc1nn[nH]n1)CC(C)C. The average Bonchev–Trinajstić information content (AvgIpc) is 2.95. The molecule has 0 spiro atoms. The van der Waals surface area contributed by atoms with Gasteiger partial charge in [-0.1, -0.05) is 19.1 Å². The lowest BCUT2D eigenvalue weighted by Gasteiger charge is -2.25. The zero-order valence-corrected chi connectivity index (χ0v) is 13.0. The highest BCUT2D eigenvalue weighted by Gasteiger charge is 2.19. The van der Waals surface area contributed by atoms with E-state index in [4.69, 9.17) is 0 Å². The number of aromatic nitrogens is 4. The van der Waals surface area contributed by atoms with Crippen LogP contribution >= 0.6 is 0 Å². The van der Waals surface area contributed by atoms with Crippen molar-refractivity contribution in [1.82, 2.24) is 25.5 Å². The second-order valence-corrected chi connectivity index (χ2v) is 5.68. The van der Waals surface area contributed by atoms with Crippen LogP contribution in [-0.2, 0) is 6.42 Å². The van der Waals surface area contributed by atoms with Crippen LogP contribution in [0.5, 0.6) is 0 Å². The molecular weight excluding hydrogens is 285 g/mol. The van der Waals surface area contributed by atoms with E-state index in [1.807, 2.05) is 13.8 Å². The maximum Gasteiger partial charge on any atom is 0.254 e. The Morgan fingerprint density at radius 3 is 2.77 bits per heavy atom. The fraction of sp³-hybridized carbons (Fsp3) is 0.467. The van der Waals surface area contributed by atoms with Crippen molar-refractivity contribution >= 4 is 5.91 Å². The first-order valence-electron chi connectivity index (χ1n) is 7.25. The predicted molar refractivity (Wildman–Crippen MR) is 79.8 cm³/mol. The van der Waals surface area contributed by atoms with Crippen LogP contribution < -0.4 is 0 Å². The quantitative estimate of drug-likeness (QED) is 0.885. The number of hydrogen-bond acceptors (Lipinski definition) is 4. The van der Waals surface area contributed by atoms with Gasteiger partial charge in [0.05, 0.1) is 0 Å². The number of nitrogens with one attached hydrogen (secondary N) is 1. The number of halogens is 1. The van der Waals surface area contributed by atoms with Crippen LogP contribution in [0.15, 0.2) is 18.2 Å². The summed E-state index contributed by atoms with van der Waals surface area (Å²) in [6.45, 7) is 6.95. The van der Waals surface area contributed by atoms with Crippen molar-refractivity contribution in [1.29, 1.82) is 0 Å². The van der Waals surface area contributed by atoms with E-state index in [9.17, 15) is 9.18 Å². The van der Waals surface area contributed by atoms with Crippen LogP contribution in [0.4, 0.5) is 4.39 Å². The van der Waals surface area contributed by atoms with Crippen molar-refractivity contribution in [2.24, 2.45) is 5.92 Å². The largest absolute Gasteiger partial charge is 0.338 e. The average molecular weight is 305 g/mol. The fourth-order valence-electron chi connectivity index (χ4n) is 2.28. The summed E-state index contributed by atoms with van der Waals surface area (Å²) in [6.07, 6.45) is 0.523. The Bertz CT molecular complexity index is 627. The summed E-state index contributed by atoms with van der Waals surface area (Å²) in [6, 6.07) is 4.22. The summed E-state index contributed by atoms with van der Waals surface area (Å²) in [5.74, 6) is 0.457. The topological polar surface area (TPSA) is 74.8 Å². The smallest absolute Gasteiger partial charge is 0.254 e. The number of H-pyrrole nitrogens is 1. The molecule has 0 aliphatic carbocycles. The van der Waals surface area contributed by atoms with E-state index in [1.54, 1.807) is 11.8 Å². The van der Waals surface area contributed by atoms with E-state index in [-0.39, 0.29) is 11.7 Å². The first-order valence-corrected chi connectivity index (χ1v) is 7.25. The molecule has 1 N–H and O–H groups in total. The molecule has 6 nitrogen and oxygen atoms in total. The highest BCUT2D eigenvalue weighted by molar-refractivity contribution is 5.95. The summed E-state index contributed by atoms with van der Waals surface area (Å²) in [7, 11) is 0. The molecule has 0 aliphatic rings. The summed E-state index contributed by atoms with van der Waals surface area (Å²) in [5.41, 5.74) is 1.16. The van der Waals surface area contributed by atoms with Gasteiger partial charge in [-0.05, 0) is 36.6 Å². The maximum atomic E-state index is 13.2. The van der Waals surface area contributed by atoms with Crippen LogP contribution in [0.2, 0.25) is 0 Å². The summed E-state index contributed by atoms with van der Waals surface area (Å²) in [5, 5.41) is 13.7.